The van der Waals surface area contributed by atoms with Gasteiger partial charge in [-0.1, -0.05) is 42.1 Å². The Morgan fingerprint density at radius 1 is 1.00 bits per heavy atom. The SMILES string of the molecule is Nc1ccccc1Sc1ccccc1C(=O)[O-].[K+]. The van der Waals surface area contributed by atoms with Gasteiger partial charge in [-0.25, -0.2) is 0 Å². The largest absolute Gasteiger partial charge is 1.00 e. The van der Waals surface area contributed by atoms with E-state index in [0.29, 0.717) is 10.6 Å². The van der Waals surface area contributed by atoms with Crippen molar-refractivity contribution >= 4 is 23.4 Å². The van der Waals surface area contributed by atoms with E-state index in [-0.39, 0.29) is 56.9 Å². The minimum absolute atomic E-state index is 0. The van der Waals surface area contributed by atoms with Crippen molar-refractivity contribution in [2.45, 2.75) is 9.79 Å². The summed E-state index contributed by atoms with van der Waals surface area (Å²) >= 11 is 1.32. The molecular formula is C13H10KNO2S. The molecule has 0 aromatic heterocycles. The smallest absolute Gasteiger partial charge is 0.545 e. The summed E-state index contributed by atoms with van der Waals surface area (Å²) in [6.07, 6.45) is 0. The quantitative estimate of drug-likeness (QED) is 0.567. The molecule has 2 N–H and O–H groups in total. The molecule has 18 heavy (non-hydrogen) atoms. The van der Waals surface area contributed by atoms with E-state index in [2.05, 4.69) is 0 Å². The molecule has 0 unspecified atom stereocenters. The van der Waals surface area contributed by atoms with E-state index in [9.17, 15) is 9.90 Å². The predicted octanol–water partition coefficient (Wildman–Crippen LogP) is -1.21. The van der Waals surface area contributed by atoms with Crippen molar-refractivity contribution in [3.05, 3.63) is 54.1 Å². The number of carbonyl (C=O) groups excluding carboxylic acids is 1. The van der Waals surface area contributed by atoms with Crippen molar-refractivity contribution < 1.29 is 61.3 Å². The van der Waals surface area contributed by atoms with Gasteiger partial charge in [-0.2, -0.15) is 0 Å². The van der Waals surface area contributed by atoms with E-state index in [0.717, 1.165) is 4.90 Å². The summed E-state index contributed by atoms with van der Waals surface area (Å²) < 4.78 is 0. The summed E-state index contributed by atoms with van der Waals surface area (Å²) in [4.78, 5) is 12.4. The molecule has 0 fully saturated rings. The van der Waals surface area contributed by atoms with Gasteiger partial charge in [0.2, 0.25) is 0 Å². The van der Waals surface area contributed by atoms with Crippen LogP contribution in [0.25, 0.3) is 0 Å². The molecule has 3 nitrogen and oxygen atoms in total. The molecule has 2 aromatic carbocycles. The normalized spacial score (nSPS) is 9.56. The first kappa shape index (κ1) is 15.8. The second-order valence-electron chi connectivity index (χ2n) is 3.42. The Morgan fingerprint density at radius 2 is 1.56 bits per heavy atom. The molecule has 0 bridgehead atoms. The Hall–Kier alpha value is -0.304. The molecule has 0 radical (unpaired) electrons. The van der Waals surface area contributed by atoms with Crippen molar-refractivity contribution in [2.24, 2.45) is 0 Å². The van der Waals surface area contributed by atoms with Crippen molar-refractivity contribution in [1.82, 2.24) is 0 Å². The molecule has 0 aliphatic heterocycles. The minimum Gasteiger partial charge on any atom is -0.545 e. The Balaban J connectivity index is 0.00000162. The van der Waals surface area contributed by atoms with Crippen molar-refractivity contribution in [2.75, 3.05) is 5.73 Å². The van der Waals surface area contributed by atoms with Gasteiger partial charge in [-0.3, -0.25) is 0 Å². The monoisotopic (exact) mass is 283 g/mol. The molecule has 0 atom stereocenters. The fourth-order valence-electron chi connectivity index (χ4n) is 1.42. The average molecular weight is 283 g/mol. The zero-order valence-corrected chi connectivity index (χ0v) is 13.9. The molecular weight excluding hydrogens is 273 g/mol. The first-order chi connectivity index (χ1) is 8.18. The fourth-order valence-corrected chi connectivity index (χ4v) is 2.39. The zero-order valence-electron chi connectivity index (χ0n) is 9.92. The van der Waals surface area contributed by atoms with Gasteiger partial charge in [0.25, 0.3) is 0 Å². The van der Waals surface area contributed by atoms with Crippen LogP contribution >= 0.6 is 11.8 Å². The third-order valence-electron chi connectivity index (χ3n) is 2.25. The number of hydrogen-bond donors (Lipinski definition) is 1. The van der Waals surface area contributed by atoms with Crippen LogP contribution < -0.4 is 62.2 Å². The third-order valence-corrected chi connectivity index (χ3v) is 3.41. The van der Waals surface area contributed by atoms with Gasteiger partial charge in [-0.05, 0) is 18.2 Å². The van der Waals surface area contributed by atoms with Crippen LogP contribution in [0.15, 0.2) is 58.3 Å². The Morgan fingerprint density at radius 3 is 2.17 bits per heavy atom. The van der Waals surface area contributed by atoms with Crippen LogP contribution in [-0.2, 0) is 0 Å². The topological polar surface area (TPSA) is 66.2 Å². The zero-order chi connectivity index (χ0) is 12.3. The number of rotatable bonds is 3. The van der Waals surface area contributed by atoms with Gasteiger partial charge in [-0.15, -0.1) is 0 Å². The molecule has 0 aliphatic carbocycles. The van der Waals surface area contributed by atoms with Crippen LogP contribution in [0.1, 0.15) is 10.4 Å². The van der Waals surface area contributed by atoms with Gasteiger partial charge >= 0.3 is 51.4 Å². The number of anilines is 1. The molecule has 0 saturated heterocycles. The number of para-hydroxylation sites is 1. The standard InChI is InChI=1S/C13H11NO2S.K/c14-10-6-2-4-8-12(10)17-11-7-3-1-5-9(11)13(15)16;/h1-8H,14H2,(H,15,16);/q;+1/p-1. The molecule has 86 valence electrons. The number of carboxylic acids is 1. The molecule has 0 saturated carbocycles. The third kappa shape index (κ3) is 3.84. The number of nitrogen functional groups attached to an aromatic ring is 1. The molecule has 0 aliphatic rings. The Bertz CT molecular complexity index is 560. The molecule has 0 heterocycles. The van der Waals surface area contributed by atoms with Gasteiger partial charge < -0.3 is 15.6 Å². The van der Waals surface area contributed by atoms with Crippen molar-refractivity contribution in [3.8, 4) is 0 Å². The van der Waals surface area contributed by atoms with Crippen LogP contribution in [-0.4, -0.2) is 5.97 Å². The molecule has 2 rings (SSSR count). The van der Waals surface area contributed by atoms with Gasteiger partial charge in [0.15, 0.2) is 0 Å². The first-order valence-corrected chi connectivity index (χ1v) is 5.83. The van der Waals surface area contributed by atoms with E-state index >= 15 is 0 Å². The van der Waals surface area contributed by atoms with E-state index in [1.165, 1.54) is 17.8 Å². The molecule has 5 heteroatoms. The number of benzene rings is 2. The summed E-state index contributed by atoms with van der Waals surface area (Å²) in [5.41, 5.74) is 6.62. The number of hydrogen-bond acceptors (Lipinski definition) is 4. The average Bonchev–Trinajstić information content (AvgIpc) is 2.32. The summed E-state index contributed by atoms with van der Waals surface area (Å²) in [6, 6.07) is 14.1. The first-order valence-electron chi connectivity index (χ1n) is 5.01. The Labute approximate surface area is 152 Å². The second kappa shape index (κ2) is 7.33. The van der Waals surface area contributed by atoms with Gasteiger partial charge in [0, 0.05) is 21.0 Å². The molecule has 0 spiro atoms. The summed E-state index contributed by atoms with van der Waals surface area (Å²) in [5.74, 6) is -1.18. The van der Waals surface area contributed by atoms with Gasteiger partial charge in [0.1, 0.15) is 0 Å². The van der Waals surface area contributed by atoms with Crippen LogP contribution in [0.3, 0.4) is 0 Å². The molecule has 0 amide bonds. The van der Waals surface area contributed by atoms with Crippen LogP contribution in [0.4, 0.5) is 5.69 Å². The van der Waals surface area contributed by atoms with Crippen LogP contribution in [0.2, 0.25) is 0 Å². The van der Waals surface area contributed by atoms with Gasteiger partial charge in [0.05, 0.1) is 5.97 Å². The summed E-state index contributed by atoms with van der Waals surface area (Å²) in [5, 5.41) is 10.9. The number of aromatic carboxylic acids is 1. The van der Waals surface area contributed by atoms with Crippen LogP contribution in [0, 0.1) is 0 Å². The van der Waals surface area contributed by atoms with E-state index in [1.54, 1.807) is 24.3 Å². The van der Waals surface area contributed by atoms with Crippen molar-refractivity contribution in [1.29, 1.82) is 0 Å². The number of carbonyl (C=O) groups is 1. The van der Waals surface area contributed by atoms with E-state index in [1.807, 2.05) is 18.2 Å². The van der Waals surface area contributed by atoms with Crippen LogP contribution in [0.5, 0.6) is 0 Å². The summed E-state index contributed by atoms with van der Waals surface area (Å²) in [7, 11) is 0. The maximum absolute atomic E-state index is 10.9. The van der Waals surface area contributed by atoms with Crippen molar-refractivity contribution in [3.63, 3.8) is 0 Å². The maximum atomic E-state index is 10.9. The second-order valence-corrected chi connectivity index (χ2v) is 4.51. The fraction of sp³-hybridized carbons (Fsp3) is 0. The molecule has 2 aromatic rings. The summed E-state index contributed by atoms with van der Waals surface area (Å²) in [6.45, 7) is 0. The van der Waals surface area contributed by atoms with E-state index < -0.39 is 5.97 Å². The Kier molecular flexibility index (Phi) is 6.41. The minimum atomic E-state index is -1.18. The predicted molar refractivity (Wildman–Crippen MR) is 65.7 cm³/mol. The van der Waals surface area contributed by atoms with E-state index in [4.69, 9.17) is 5.73 Å². The number of nitrogens with two attached hydrogens (primary N) is 1. The maximum Gasteiger partial charge on any atom is 1.00 e. The number of carboxylic acid groups (broad SMARTS) is 1.